The standard InChI is InChI=1S/C20H16N6O4S/c1-11-4-3-5-14-15(11)24-20(31-14)25-18-16(26(28)29)17(21-10-22-18)23-13-8-6-12(7-9-13)19(27)30-2/h3-10H,1-2H3,(H2,21,22,23,24,25). The highest BCUT2D eigenvalue weighted by Crippen LogP contribution is 2.35. The van der Waals surface area contributed by atoms with Gasteiger partial charge in [0.25, 0.3) is 0 Å². The molecule has 0 fully saturated rings. The number of aryl methyl sites for hydroxylation is 1. The fraction of sp³-hybridized carbons (Fsp3) is 0.100. The molecule has 31 heavy (non-hydrogen) atoms. The Morgan fingerprint density at radius 2 is 1.81 bits per heavy atom. The number of rotatable bonds is 6. The van der Waals surface area contributed by atoms with Crippen molar-refractivity contribution >= 4 is 55.7 Å². The van der Waals surface area contributed by atoms with Gasteiger partial charge in [0.2, 0.25) is 11.6 Å². The molecule has 0 bridgehead atoms. The number of esters is 1. The van der Waals surface area contributed by atoms with Gasteiger partial charge in [-0.15, -0.1) is 0 Å². The van der Waals surface area contributed by atoms with Gasteiger partial charge in [-0.1, -0.05) is 23.5 Å². The first-order valence-electron chi connectivity index (χ1n) is 9.04. The quantitative estimate of drug-likeness (QED) is 0.253. The summed E-state index contributed by atoms with van der Waals surface area (Å²) in [6.07, 6.45) is 1.22. The number of fused-ring (bicyclic) bond motifs is 1. The SMILES string of the molecule is COC(=O)c1ccc(Nc2ncnc(Nc3nc4c(C)cccc4s3)c2[N+](=O)[O-])cc1. The second-order valence-corrected chi connectivity index (χ2v) is 7.47. The van der Waals surface area contributed by atoms with Crippen molar-refractivity contribution in [3.63, 3.8) is 0 Å². The molecule has 2 N–H and O–H groups in total. The number of hydrogen-bond acceptors (Lipinski definition) is 10. The normalized spacial score (nSPS) is 10.6. The molecule has 156 valence electrons. The van der Waals surface area contributed by atoms with Crippen LogP contribution in [0.4, 0.5) is 28.1 Å². The Labute approximate surface area is 180 Å². The van der Waals surface area contributed by atoms with Crippen LogP contribution in [0, 0.1) is 17.0 Å². The third-order valence-corrected chi connectivity index (χ3v) is 5.36. The summed E-state index contributed by atoms with van der Waals surface area (Å²) in [5.41, 5.74) is 2.39. The molecular formula is C20H16N6O4S. The molecule has 11 heteroatoms. The summed E-state index contributed by atoms with van der Waals surface area (Å²) in [5, 5.41) is 18.1. The second kappa shape index (κ2) is 8.32. The fourth-order valence-electron chi connectivity index (χ4n) is 2.92. The molecule has 0 spiro atoms. The Balaban J connectivity index is 1.65. The van der Waals surface area contributed by atoms with Gasteiger partial charge in [-0.05, 0) is 42.8 Å². The van der Waals surface area contributed by atoms with Crippen molar-refractivity contribution in [2.45, 2.75) is 6.92 Å². The zero-order valence-electron chi connectivity index (χ0n) is 16.4. The molecule has 2 aromatic carbocycles. The van der Waals surface area contributed by atoms with E-state index in [1.807, 2.05) is 25.1 Å². The smallest absolute Gasteiger partial charge is 0.353 e. The molecule has 2 heterocycles. The topological polar surface area (TPSA) is 132 Å². The summed E-state index contributed by atoms with van der Waals surface area (Å²) in [6, 6.07) is 12.1. The largest absolute Gasteiger partial charge is 0.465 e. The first-order valence-corrected chi connectivity index (χ1v) is 9.86. The molecule has 0 aliphatic heterocycles. The van der Waals surface area contributed by atoms with Crippen LogP contribution in [0.25, 0.3) is 10.2 Å². The monoisotopic (exact) mass is 436 g/mol. The minimum Gasteiger partial charge on any atom is -0.465 e. The van der Waals surface area contributed by atoms with E-state index in [-0.39, 0.29) is 17.3 Å². The van der Waals surface area contributed by atoms with Crippen molar-refractivity contribution in [1.82, 2.24) is 15.0 Å². The number of ether oxygens (including phenoxy) is 1. The van der Waals surface area contributed by atoms with E-state index in [0.717, 1.165) is 15.8 Å². The average molecular weight is 436 g/mol. The molecular weight excluding hydrogens is 420 g/mol. The first kappa shape index (κ1) is 20.2. The number of anilines is 4. The molecule has 4 aromatic rings. The van der Waals surface area contributed by atoms with Crippen molar-refractivity contribution in [2.75, 3.05) is 17.7 Å². The second-order valence-electron chi connectivity index (χ2n) is 6.44. The lowest BCUT2D eigenvalue weighted by Crippen LogP contribution is -2.06. The Morgan fingerprint density at radius 1 is 1.10 bits per heavy atom. The molecule has 0 radical (unpaired) electrons. The van der Waals surface area contributed by atoms with E-state index in [1.165, 1.54) is 24.8 Å². The summed E-state index contributed by atoms with van der Waals surface area (Å²) in [5.74, 6) is -0.451. The van der Waals surface area contributed by atoms with Gasteiger partial charge in [0.15, 0.2) is 5.13 Å². The lowest BCUT2D eigenvalue weighted by atomic mass is 10.2. The Hall–Kier alpha value is -4.12. The number of aromatic nitrogens is 3. The molecule has 0 aliphatic carbocycles. The number of methoxy groups -OCH3 is 1. The fourth-order valence-corrected chi connectivity index (χ4v) is 3.86. The molecule has 0 atom stereocenters. The van der Waals surface area contributed by atoms with Gasteiger partial charge in [-0.2, -0.15) is 0 Å². The molecule has 2 aromatic heterocycles. The number of thiazole rings is 1. The van der Waals surface area contributed by atoms with Crippen molar-refractivity contribution in [3.05, 3.63) is 70.0 Å². The molecule has 0 saturated carbocycles. The predicted octanol–water partition coefficient (Wildman–Crippen LogP) is 4.58. The molecule has 0 amide bonds. The third-order valence-electron chi connectivity index (χ3n) is 4.42. The Morgan fingerprint density at radius 3 is 2.45 bits per heavy atom. The van der Waals surface area contributed by atoms with Crippen LogP contribution in [-0.4, -0.2) is 33.0 Å². The van der Waals surface area contributed by atoms with Gasteiger partial charge in [0.05, 0.1) is 27.8 Å². The van der Waals surface area contributed by atoms with E-state index in [4.69, 9.17) is 0 Å². The number of hydrogen-bond donors (Lipinski definition) is 2. The van der Waals surface area contributed by atoms with Gasteiger partial charge in [-0.25, -0.2) is 19.7 Å². The van der Waals surface area contributed by atoms with Crippen molar-refractivity contribution in [3.8, 4) is 0 Å². The van der Waals surface area contributed by atoms with Crippen LogP contribution < -0.4 is 10.6 Å². The lowest BCUT2D eigenvalue weighted by molar-refractivity contribution is -0.383. The summed E-state index contributed by atoms with van der Waals surface area (Å²) >= 11 is 1.37. The van der Waals surface area contributed by atoms with E-state index in [0.29, 0.717) is 16.4 Å². The van der Waals surface area contributed by atoms with E-state index in [2.05, 4.69) is 30.3 Å². The maximum absolute atomic E-state index is 11.8. The number of nitrogens with zero attached hydrogens (tertiary/aromatic N) is 4. The van der Waals surface area contributed by atoms with Gasteiger partial charge in [0, 0.05) is 5.69 Å². The van der Waals surface area contributed by atoms with Gasteiger partial charge >= 0.3 is 11.7 Å². The maximum atomic E-state index is 11.8. The average Bonchev–Trinajstić information content (AvgIpc) is 3.17. The van der Waals surface area contributed by atoms with Crippen LogP contribution >= 0.6 is 11.3 Å². The van der Waals surface area contributed by atoms with Crippen LogP contribution in [0.3, 0.4) is 0 Å². The summed E-state index contributed by atoms with van der Waals surface area (Å²) < 4.78 is 5.63. The summed E-state index contributed by atoms with van der Waals surface area (Å²) in [4.78, 5) is 35.4. The Bertz CT molecular complexity index is 1290. The van der Waals surface area contributed by atoms with Crippen molar-refractivity contribution < 1.29 is 14.5 Å². The number of carbonyl (C=O) groups is 1. The van der Waals surface area contributed by atoms with Crippen LogP contribution in [0.1, 0.15) is 15.9 Å². The highest BCUT2D eigenvalue weighted by molar-refractivity contribution is 7.22. The van der Waals surface area contributed by atoms with Gasteiger partial charge in [0.1, 0.15) is 6.33 Å². The van der Waals surface area contributed by atoms with Crippen LogP contribution in [0.2, 0.25) is 0 Å². The molecule has 0 unspecified atom stereocenters. The minimum atomic E-state index is -0.563. The number of nitro groups is 1. The number of benzene rings is 2. The van der Waals surface area contributed by atoms with E-state index in [9.17, 15) is 14.9 Å². The minimum absolute atomic E-state index is 0.00519. The van der Waals surface area contributed by atoms with Crippen LogP contribution in [0.5, 0.6) is 0 Å². The highest BCUT2D eigenvalue weighted by atomic mass is 32.1. The highest BCUT2D eigenvalue weighted by Gasteiger charge is 2.24. The Kier molecular flexibility index (Phi) is 5.41. The number of carbonyl (C=O) groups excluding carboxylic acids is 1. The van der Waals surface area contributed by atoms with Crippen LogP contribution in [-0.2, 0) is 4.74 Å². The van der Waals surface area contributed by atoms with Crippen LogP contribution in [0.15, 0.2) is 48.8 Å². The molecule has 10 nitrogen and oxygen atoms in total. The zero-order valence-corrected chi connectivity index (χ0v) is 17.3. The van der Waals surface area contributed by atoms with E-state index < -0.39 is 10.9 Å². The molecule has 0 saturated heterocycles. The van der Waals surface area contributed by atoms with Gasteiger partial charge < -0.3 is 15.4 Å². The number of para-hydroxylation sites is 1. The third kappa shape index (κ3) is 4.12. The van der Waals surface area contributed by atoms with Crippen molar-refractivity contribution in [2.24, 2.45) is 0 Å². The summed E-state index contributed by atoms with van der Waals surface area (Å²) in [6.45, 7) is 1.95. The molecule has 4 rings (SSSR count). The number of nitrogens with one attached hydrogen (secondary N) is 2. The first-order chi connectivity index (χ1) is 15.0. The van der Waals surface area contributed by atoms with E-state index >= 15 is 0 Å². The lowest BCUT2D eigenvalue weighted by Gasteiger charge is -2.09. The summed E-state index contributed by atoms with van der Waals surface area (Å²) in [7, 11) is 1.29. The van der Waals surface area contributed by atoms with E-state index in [1.54, 1.807) is 24.3 Å². The maximum Gasteiger partial charge on any atom is 0.353 e. The van der Waals surface area contributed by atoms with Crippen molar-refractivity contribution in [1.29, 1.82) is 0 Å². The zero-order chi connectivity index (χ0) is 22.0. The predicted molar refractivity (Wildman–Crippen MR) is 117 cm³/mol. The molecule has 0 aliphatic rings. The van der Waals surface area contributed by atoms with Gasteiger partial charge in [-0.3, -0.25) is 10.1 Å².